The molecule has 0 saturated heterocycles. The standard InChI is InChI=1S/C9H17F2N3.HI/c1-3-14(4-2)8(12)13-7-5-9(10,11)6-7;/h7H,3-6H2,1-2H3,(H2,12,13);1H. The van der Waals surface area contributed by atoms with Gasteiger partial charge in [0.15, 0.2) is 5.96 Å². The predicted molar refractivity (Wildman–Crippen MR) is 67.9 cm³/mol. The molecule has 0 bridgehead atoms. The van der Waals surface area contributed by atoms with Crippen molar-refractivity contribution in [2.45, 2.75) is 38.7 Å². The minimum atomic E-state index is -2.52. The molecule has 0 radical (unpaired) electrons. The van der Waals surface area contributed by atoms with E-state index in [9.17, 15) is 8.78 Å². The second-order valence-electron chi connectivity index (χ2n) is 3.58. The van der Waals surface area contributed by atoms with E-state index in [1.807, 2.05) is 18.7 Å². The van der Waals surface area contributed by atoms with Crippen LogP contribution in [0.4, 0.5) is 8.78 Å². The Hall–Kier alpha value is -0.140. The van der Waals surface area contributed by atoms with Crippen LogP contribution in [0.3, 0.4) is 0 Å². The molecule has 0 aromatic heterocycles. The number of rotatable bonds is 3. The molecule has 90 valence electrons. The van der Waals surface area contributed by atoms with Crippen LogP contribution in [0.2, 0.25) is 0 Å². The summed E-state index contributed by atoms with van der Waals surface area (Å²) in [6.07, 6.45) is -0.316. The summed E-state index contributed by atoms with van der Waals surface area (Å²) in [6, 6.07) is -0.286. The number of halogens is 3. The molecule has 1 saturated carbocycles. The molecule has 0 heterocycles. The maximum absolute atomic E-state index is 12.5. The highest BCUT2D eigenvalue weighted by molar-refractivity contribution is 14.0. The van der Waals surface area contributed by atoms with Crippen LogP contribution in [0, 0.1) is 0 Å². The van der Waals surface area contributed by atoms with Crippen LogP contribution in [0.25, 0.3) is 0 Å². The first-order valence-corrected chi connectivity index (χ1v) is 4.94. The number of guanidine groups is 1. The van der Waals surface area contributed by atoms with Crippen molar-refractivity contribution in [3.8, 4) is 0 Å². The number of hydrogen-bond acceptors (Lipinski definition) is 1. The van der Waals surface area contributed by atoms with E-state index in [2.05, 4.69) is 4.99 Å². The molecule has 0 spiro atoms. The van der Waals surface area contributed by atoms with E-state index >= 15 is 0 Å². The molecule has 1 fully saturated rings. The van der Waals surface area contributed by atoms with Gasteiger partial charge in [-0.15, -0.1) is 24.0 Å². The quantitative estimate of drug-likeness (QED) is 0.488. The lowest BCUT2D eigenvalue weighted by Gasteiger charge is -2.33. The monoisotopic (exact) mass is 333 g/mol. The molecule has 3 nitrogen and oxygen atoms in total. The van der Waals surface area contributed by atoms with Gasteiger partial charge in [-0.3, -0.25) is 0 Å². The van der Waals surface area contributed by atoms with Crippen LogP contribution in [0.15, 0.2) is 4.99 Å². The third kappa shape index (κ3) is 4.08. The Morgan fingerprint density at radius 1 is 1.40 bits per heavy atom. The largest absolute Gasteiger partial charge is 0.370 e. The van der Waals surface area contributed by atoms with Gasteiger partial charge in [-0.1, -0.05) is 0 Å². The van der Waals surface area contributed by atoms with Crippen LogP contribution in [0.1, 0.15) is 26.7 Å². The molecule has 1 rings (SSSR count). The lowest BCUT2D eigenvalue weighted by molar-refractivity contribution is -0.0836. The van der Waals surface area contributed by atoms with Gasteiger partial charge in [-0.05, 0) is 13.8 Å². The zero-order valence-corrected chi connectivity index (χ0v) is 11.4. The van der Waals surface area contributed by atoms with Crippen LogP contribution < -0.4 is 5.73 Å². The average molecular weight is 333 g/mol. The molecule has 0 unspecified atom stereocenters. The van der Waals surface area contributed by atoms with E-state index in [0.717, 1.165) is 13.1 Å². The van der Waals surface area contributed by atoms with Gasteiger partial charge in [0.1, 0.15) is 0 Å². The molecule has 2 N–H and O–H groups in total. The third-order valence-corrected chi connectivity index (χ3v) is 2.47. The number of aliphatic imine (C=N–C) groups is 1. The van der Waals surface area contributed by atoms with E-state index in [0.29, 0.717) is 5.96 Å². The maximum atomic E-state index is 12.5. The fourth-order valence-electron chi connectivity index (χ4n) is 1.54. The number of alkyl halides is 2. The van der Waals surface area contributed by atoms with E-state index in [-0.39, 0.29) is 42.9 Å². The van der Waals surface area contributed by atoms with Gasteiger partial charge in [-0.25, -0.2) is 13.8 Å². The highest BCUT2D eigenvalue weighted by Crippen LogP contribution is 2.39. The summed E-state index contributed by atoms with van der Waals surface area (Å²) in [6.45, 7) is 5.44. The molecule has 6 heteroatoms. The molecule has 1 aliphatic rings. The van der Waals surface area contributed by atoms with Crippen LogP contribution in [-0.4, -0.2) is 35.9 Å². The molecule has 0 aliphatic heterocycles. The summed E-state index contributed by atoms with van der Waals surface area (Å²) in [7, 11) is 0. The third-order valence-electron chi connectivity index (χ3n) is 2.47. The van der Waals surface area contributed by atoms with E-state index in [1.54, 1.807) is 0 Å². The normalized spacial score (nSPS) is 20.4. The smallest absolute Gasteiger partial charge is 0.252 e. The van der Waals surface area contributed by atoms with E-state index < -0.39 is 5.92 Å². The first kappa shape index (κ1) is 14.9. The second kappa shape index (κ2) is 5.81. The molecule has 1 aliphatic carbocycles. The van der Waals surface area contributed by atoms with Crippen molar-refractivity contribution in [2.75, 3.05) is 13.1 Å². The first-order valence-electron chi connectivity index (χ1n) is 4.94. The van der Waals surface area contributed by atoms with Gasteiger partial charge in [0, 0.05) is 25.9 Å². The Morgan fingerprint density at radius 2 is 1.87 bits per heavy atom. The number of nitrogens with zero attached hydrogens (tertiary/aromatic N) is 2. The Labute approximate surface area is 106 Å². The zero-order chi connectivity index (χ0) is 10.8. The van der Waals surface area contributed by atoms with Crippen molar-refractivity contribution >= 4 is 29.9 Å². The van der Waals surface area contributed by atoms with Gasteiger partial charge in [0.05, 0.1) is 6.04 Å². The highest BCUT2D eigenvalue weighted by Gasteiger charge is 2.45. The van der Waals surface area contributed by atoms with E-state index in [1.165, 1.54) is 0 Å². The van der Waals surface area contributed by atoms with Crippen molar-refractivity contribution < 1.29 is 8.78 Å². The van der Waals surface area contributed by atoms with Gasteiger partial charge >= 0.3 is 0 Å². The molecule has 15 heavy (non-hydrogen) atoms. The minimum absolute atomic E-state index is 0. The van der Waals surface area contributed by atoms with Gasteiger partial charge in [0.25, 0.3) is 5.92 Å². The molecular weight excluding hydrogens is 315 g/mol. The topological polar surface area (TPSA) is 41.6 Å². The number of hydrogen-bond donors (Lipinski definition) is 1. The predicted octanol–water partition coefficient (Wildman–Crippen LogP) is 2.06. The summed E-state index contributed by atoms with van der Waals surface area (Å²) in [5.41, 5.74) is 5.67. The Kier molecular flexibility index (Phi) is 5.76. The Morgan fingerprint density at radius 3 is 2.20 bits per heavy atom. The lowest BCUT2D eigenvalue weighted by atomic mass is 9.89. The second-order valence-corrected chi connectivity index (χ2v) is 3.58. The van der Waals surface area contributed by atoms with Crippen molar-refractivity contribution in [3.63, 3.8) is 0 Å². The summed E-state index contributed by atoms with van der Waals surface area (Å²) >= 11 is 0. The fourth-order valence-corrected chi connectivity index (χ4v) is 1.54. The molecule has 0 aromatic carbocycles. The van der Waals surface area contributed by atoms with Gasteiger partial charge < -0.3 is 10.6 Å². The maximum Gasteiger partial charge on any atom is 0.252 e. The Bertz CT molecular complexity index is 221. The van der Waals surface area contributed by atoms with Crippen molar-refractivity contribution in [3.05, 3.63) is 0 Å². The fraction of sp³-hybridized carbons (Fsp3) is 0.889. The SMILES string of the molecule is CCN(CC)C(N)=NC1CC(F)(F)C1.I. The molecule has 0 aromatic rings. The summed E-state index contributed by atoms with van der Waals surface area (Å²) in [5, 5.41) is 0. The lowest BCUT2D eigenvalue weighted by Crippen LogP contribution is -2.43. The summed E-state index contributed by atoms with van der Waals surface area (Å²) in [4.78, 5) is 5.92. The minimum Gasteiger partial charge on any atom is -0.370 e. The average Bonchev–Trinajstić information content (AvgIpc) is 2.03. The van der Waals surface area contributed by atoms with Crippen LogP contribution in [-0.2, 0) is 0 Å². The van der Waals surface area contributed by atoms with Crippen molar-refractivity contribution in [2.24, 2.45) is 10.7 Å². The Balaban J connectivity index is 0.00000196. The van der Waals surface area contributed by atoms with Crippen molar-refractivity contribution in [1.29, 1.82) is 0 Å². The summed E-state index contributed by atoms with van der Waals surface area (Å²) in [5.74, 6) is -2.13. The number of nitrogens with two attached hydrogens (primary N) is 1. The molecule has 0 amide bonds. The van der Waals surface area contributed by atoms with Crippen molar-refractivity contribution in [1.82, 2.24) is 4.90 Å². The molecule has 0 atom stereocenters. The van der Waals surface area contributed by atoms with Crippen LogP contribution >= 0.6 is 24.0 Å². The van der Waals surface area contributed by atoms with Crippen LogP contribution in [0.5, 0.6) is 0 Å². The van der Waals surface area contributed by atoms with Gasteiger partial charge in [0.2, 0.25) is 0 Å². The first-order chi connectivity index (χ1) is 6.48. The van der Waals surface area contributed by atoms with Gasteiger partial charge in [-0.2, -0.15) is 0 Å². The molecular formula is C9H18F2IN3. The van der Waals surface area contributed by atoms with E-state index in [4.69, 9.17) is 5.73 Å². The highest BCUT2D eigenvalue weighted by atomic mass is 127. The zero-order valence-electron chi connectivity index (χ0n) is 9.04. The summed E-state index contributed by atoms with van der Waals surface area (Å²) < 4.78 is 25.0.